The maximum absolute atomic E-state index is 13.5. The first-order valence-electron chi connectivity index (χ1n) is 5.71. The number of fused-ring (bicyclic) bond motifs is 1. The van der Waals surface area contributed by atoms with Gasteiger partial charge in [-0.25, -0.2) is 9.18 Å². The van der Waals surface area contributed by atoms with Gasteiger partial charge in [-0.1, -0.05) is 0 Å². The average molecular weight is 327 g/mol. The molecular formula is C13H12BrFN2O2. The Hall–Kier alpha value is -1.69. The minimum absolute atomic E-state index is 0.285. The van der Waals surface area contributed by atoms with E-state index in [9.17, 15) is 9.18 Å². The van der Waals surface area contributed by atoms with E-state index < -0.39 is 11.8 Å². The fraction of sp³-hybridized carbons (Fsp3) is 0.231. The molecule has 1 N–H and O–H groups in total. The van der Waals surface area contributed by atoms with Crippen molar-refractivity contribution >= 4 is 38.5 Å². The van der Waals surface area contributed by atoms with Gasteiger partial charge in [0.1, 0.15) is 11.4 Å². The lowest BCUT2D eigenvalue weighted by Crippen LogP contribution is -2.09. The lowest BCUT2D eigenvalue weighted by atomic mass is 10.1. The van der Waals surface area contributed by atoms with Crippen LogP contribution in [0.25, 0.3) is 10.9 Å². The van der Waals surface area contributed by atoms with E-state index in [2.05, 4.69) is 26.2 Å². The zero-order chi connectivity index (χ0) is 14.0. The number of nitrogens with zero attached hydrogens (tertiary/aromatic N) is 1. The fourth-order valence-corrected chi connectivity index (χ4v) is 2.16. The molecule has 6 heteroatoms. The molecular weight excluding hydrogens is 315 g/mol. The molecule has 2 rings (SSSR count). The Morgan fingerprint density at radius 1 is 1.53 bits per heavy atom. The largest absolute Gasteiger partial charge is 0.462 e. The van der Waals surface area contributed by atoms with Crippen molar-refractivity contribution in [2.45, 2.75) is 6.92 Å². The van der Waals surface area contributed by atoms with Gasteiger partial charge in [-0.3, -0.25) is 4.98 Å². The summed E-state index contributed by atoms with van der Waals surface area (Å²) < 4.78 is 18.8. The fourth-order valence-electron chi connectivity index (χ4n) is 1.82. The molecule has 100 valence electrons. The Morgan fingerprint density at radius 3 is 2.89 bits per heavy atom. The summed E-state index contributed by atoms with van der Waals surface area (Å²) in [6.07, 6.45) is 1.39. The molecule has 0 saturated carbocycles. The molecule has 0 atom stereocenters. The SMILES string of the molecule is CCOC(=O)c1cnc2cc(F)c(Br)cc2c1NC. The van der Waals surface area contributed by atoms with Gasteiger partial charge in [-0.15, -0.1) is 0 Å². The third-order valence-electron chi connectivity index (χ3n) is 2.66. The molecule has 2 aromatic rings. The smallest absolute Gasteiger partial charge is 0.341 e. The van der Waals surface area contributed by atoms with E-state index in [0.29, 0.717) is 26.6 Å². The molecule has 0 bridgehead atoms. The number of hydrogen-bond acceptors (Lipinski definition) is 4. The van der Waals surface area contributed by atoms with Crippen LogP contribution in [0.4, 0.5) is 10.1 Å². The third-order valence-corrected chi connectivity index (χ3v) is 3.26. The number of carbonyl (C=O) groups is 1. The van der Waals surface area contributed by atoms with Crippen LogP contribution in [0.15, 0.2) is 22.8 Å². The van der Waals surface area contributed by atoms with Crippen molar-refractivity contribution in [2.24, 2.45) is 0 Å². The number of esters is 1. The number of aromatic nitrogens is 1. The molecule has 0 radical (unpaired) electrons. The van der Waals surface area contributed by atoms with E-state index in [-0.39, 0.29) is 6.61 Å². The molecule has 1 aromatic heterocycles. The van der Waals surface area contributed by atoms with Crippen LogP contribution >= 0.6 is 15.9 Å². The summed E-state index contributed by atoms with van der Waals surface area (Å²) >= 11 is 3.13. The number of carbonyl (C=O) groups excluding carboxylic acids is 1. The van der Waals surface area contributed by atoms with E-state index in [4.69, 9.17) is 4.74 Å². The predicted octanol–water partition coefficient (Wildman–Crippen LogP) is 3.35. The van der Waals surface area contributed by atoms with Gasteiger partial charge >= 0.3 is 5.97 Å². The van der Waals surface area contributed by atoms with Crippen LogP contribution in [-0.2, 0) is 4.74 Å². The number of ether oxygens (including phenoxy) is 1. The second-order valence-corrected chi connectivity index (χ2v) is 4.66. The number of pyridine rings is 1. The molecule has 0 aliphatic heterocycles. The van der Waals surface area contributed by atoms with Gasteiger partial charge in [-0.2, -0.15) is 0 Å². The molecule has 0 aliphatic rings. The maximum Gasteiger partial charge on any atom is 0.341 e. The normalized spacial score (nSPS) is 10.5. The summed E-state index contributed by atoms with van der Waals surface area (Å²) in [4.78, 5) is 15.9. The second kappa shape index (κ2) is 5.52. The first-order chi connectivity index (χ1) is 9.08. The number of halogens is 2. The first kappa shape index (κ1) is 13.7. The zero-order valence-corrected chi connectivity index (χ0v) is 12.0. The Morgan fingerprint density at radius 2 is 2.26 bits per heavy atom. The van der Waals surface area contributed by atoms with Gasteiger partial charge in [0.15, 0.2) is 0 Å². The second-order valence-electron chi connectivity index (χ2n) is 3.80. The quantitative estimate of drug-likeness (QED) is 0.879. The van der Waals surface area contributed by atoms with Crippen LogP contribution in [0.2, 0.25) is 0 Å². The summed E-state index contributed by atoms with van der Waals surface area (Å²) in [6.45, 7) is 2.02. The van der Waals surface area contributed by atoms with Crippen molar-refractivity contribution in [1.29, 1.82) is 0 Å². The number of benzene rings is 1. The standard InChI is InChI=1S/C13H12BrFN2O2/c1-3-19-13(18)8-6-17-11-5-10(15)9(14)4-7(11)12(8)16-2/h4-6H,3H2,1-2H3,(H,16,17). The number of hydrogen-bond donors (Lipinski definition) is 1. The van der Waals surface area contributed by atoms with E-state index >= 15 is 0 Å². The van der Waals surface area contributed by atoms with Gasteiger partial charge in [-0.05, 0) is 28.9 Å². The highest BCUT2D eigenvalue weighted by Crippen LogP contribution is 2.30. The Kier molecular flexibility index (Phi) is 3.99. The van der Waals surface area contributed by atoms with E-state index in [1.165, 1.54) is 12.3 Å². The van der Waals surface area contributed by atoms with Crippen molar-refractivity contribution in [2.75, 3.05) is 19.0 Å². The molecule has 19 heavy (non-hydrogen) atoms. The highest BCUT2D eigenvalue weighted by molar-refractivity contribution is 9.10. The minimum Gasteiger partial charge on any atom is -0.462 e. The van der Waals surface area contributed by atoms with Crippen molar-refractivity contribution in [3.8, 4) is 0 Å². The van der Waals surface area contributed by atoms with Crippen LogP contribution in [-0.4, -0.2) is 24.6 Å². The molecule has 0 aliphatic carbocycles. The average Bonchev–Trinajstić information content (AvgIpc) is 2.39. The molecule has 1 heterocycles. The highest BCUT2D eigenvalue weighted by atomic mass is 79.9. The topological polar surface area (TPSA) is 51.2 Å². The Bertz CT molecular complexity index is 646. The first-order valence-corrected chi connectivity index (χ1v) is 6.50. The van der Waals surface area contributed by atoms with Crippen LogP contribution in [0.3, 0.4) is 0 Å². The van der Waals surface area contributed by atoms with Crippen LogP contribution in [0.5, 0.6) is 0 Å². The van der Waals surface area contributed by atoms with E-state index in [1.807, 2.05) is 0 Å². The van der Waals surface area contributed by atoms with Gasteiger partial charge < -0.3 is 10.1 Å². The highest BCUT2D eigenvalue weighted by Gasteiger charge is 2.16. The monoisotopic (exact) mass is 326 g/mol. The third kappa shape index (κ3) is 2.53. The molecule has 1 aromatic carbocycles. The van der Waals surface area contributed by atoms with Gasteiger partial charge in [0.25, 0.3) is 0 Å². The van der Waals surface area contributed by atoms with Crippen molar-refractivity contribution in [1.82, 2.24) is 4.98 Å². The molecule has 0 unspecified atom stereocenters. The van der Waals surface area contributed by atoms with Crippen LogP contribution in [0.1, 0.15) is 17.3 Å². The Labute approximate surface area is 118 Å². The maximum atomic E-state index is 13.5. The minimum atomic E-state index is -0.457. The molecule has 0 saturated heterocycles. The molecule has 0 amide bonds. The van der Waals surface area contributed by atoms with Gasteiger partial charge in [0.05, 0.1) is 22.3 Å². The van der Waals surface area contributed by atoms with E-state index in [1.54, 1.807) is 20.0 Å². The van der Waals surface area contributed by atoms with Gasteiger partial charge in [0, 0.05) is 24.7 Å². The summed E-state index contributed by atoms with van der Waals surface area (Å²) in [7, 11) is 1.69. The van der Waals surface area contributed by atoms with Crippen molar-refractivity contribution in [3.05, 3.63) is 34.2 Å². The van der Waals surface area contributed by atoms with E-state index in [0.717, 1.165) is 0 Å². The zero-order valence-electron chi connectivity index (χ0n) is 10.5. The number of anilines is 1. The summed E-state index contributed by atoms with van der Waals surface area (Å²) in [5, 5.41) is 3.59. The predicted molar refractivity (Wildman–Crippen MR) is 74.9 cm³/mol. The molecule has 0 fully saturated rings. The molecule has 4 nitrogen and oxygen atoms in total. The summed E-state index contributed by atoms with van der Waals surface area (Å²) in [5.74, 6) is -0.854. The van der Waals surface area contributed by atoms with Crippen LogP contribution < -0.4 is 5.32 Å². The van der Waals surface area contributed by atoms with Crippen molar-refractivity contribution < 1.29 is 13.9 Å². The summed E-state index contributed by atoms with van der Waals surface area (Å²) in [5.41, 5.74) is 1.37. The molecule has 0 spiro atoms. The number of nitrogens with one attached hydrogen (secondary N) is 1. The lowest BCUT2D eigenvalue weighted by molar-refractivity contribution is 0.0527. The lowest BCUT2D eigenvalue weighted by Gasteiger charge is -2.11. The van der Waals surface area contributed by atoms with Crippen molar-refractivity contribution in [3.63, 3.8) is 0 Å². The Balaban J connectivity index is 2.68. The van der Waals surface area contributed by atoms with Crippen LogP contribution in [0, 0.1) is 5.82 Å². The van der Waals surface area contributed by atoms with Gasteiger partial charge in [0.2, 0.25) is 0 Å². The summed E-state index contributed by atoms with van der Waals surface area (Å²) in [6, 6.07) is 2.90. The number of rotatable bonds is 3.